The molecule has 4 aromatic heterocycles. The van der Waals surface area contributed by atoms with Crippen molar-refractivity contribution in [2.45, 2.75) is 120 Å². The molecule has 10 nitrogen and oxygen atoms in total. The number of aryl methyl sites for hydroxylation is 2. The maximum Gasteiger partial charge on any atom is 0.269 e. The van der Waals surface area contributed by atoms with E-state index >= 15 is 0 Å². The second-order valence-electron chi connectivity index (χ2n) is 16.0. The Morgan fingerprint density at radius 2 is 1.22 bits per heavy atom. The monoisotopic (exact) mass is 762 g/mol. The smallest absolute Gasteiger partial charge is 0.269 e. The van der Waals surface area contributed by atoms with Crippen molar-refractivity contribution in [1.29, 1.82) is 0 Å². The largest absolute Gasteiger partial charge is 0.346 e. The molecule has 0 radical (unpaired) electrons. The SMILES string of the molecule is O=C(CCc1c[nH]c2ncccc12)N1CCCC2CCCCC21.O=C(CCc1cn(S(=O)(=O)c2ccccc2)c2ncccc12)N1CCCC2CCCCC21. The zero-order chi connectivity index (χ0) is 37.8. The number of piperidine rings is 2. The number of H-pyrrole nitrogens is 1. The number of nitrogens with zero attached hydrogens (tertiary/aromatic N) is 5. The first kappa shape index (κ1) is 37.4. The number of aromatic amines is 1. The molecule has 5 aromatic rings. The Morgan fingerprint density at radius 3 is 1.87 bits per heavy atom. The number of fused-ring (bicyclic) bond motifs is 4. The van der Waals surface area contributed by atoms with E-state index < -0.39 is 10.0 Å². The maximum atomic E-state index is 13.3. The van der Waals surface area contributed by atoms with E-state index in [9.17, 15) is 18.0 Å². The zero-order valence-electron chi connectivity index (χ0n) is 31.8. The van der Waals surface area contributed by atoms with Gasteiger partial charge in [0.15, 0.2) is 5.65 Å². The normalized spacial score (nSPS) is 22.8. The predicted molar refractivity (Wildman–Crippen MR) is 215 cm³/mol. The molecule has 2 amide bonds. The van der Waals surface area contributed by atoms with Crippen molar-refractivity contribution >= 4 is 43.9 Å². The summed E-state index contributed by atoms with van der Waals surface area (Å²) < 4.78 is 27.8. The van der Waals surface area contributed by atoms with Crippen molar-refractivity contribution in [3.05, 3.63) is 90.5 Å². The molecule has 0 spiro atoms. The number of aromatic nitrogens is 4. The number of likely N-dealkylation sites (tertiary alicyclic amines) is 2. The van der Waals surface area contributed by atoms with Crippen LogP contribution in [-0.4, -0.2) is 74.1 Å². The van der Waals surface area contributed by atoms with E-state index in [1.807, 2.05) is 24.4 Å². The fourth-order valence-electron chi connectivity index (χ4n) is 10.0. The summed E-state index contributed by atoms with van der Waals surface area (Å²) in [7, 11) is -3.76. The molecule has 4 fully saturated rings. The Balaban J connectivity index is 0.000000164. The number of benzene rings is 1. The first-order chi connectivity index (χ1) is 26.9. The number of carbonyl (C=O) groups is 2. The van der Waals surface area contributed by atoms with Gasteiger partial charge in [-0.25, -0.2) is 22.4 Å². The summed E-state index contributed by atoms with van der Waals surface area (Å²) in [6, 6.07) is 17.0. The number of pyridine rings is 2. The van der Waals surface area contributed by atoms with Crippen LogP contribution in [0.2, 0.25) is 0 Å². The Morgan fingerprint density at radius 1 is 0.655 bits per heavy atom. The molecule has 55 heavy (non-hydrogen) atoms. The lowest BCUT2D eigenvalue weighted by Crippen LogP contribution is -2.49. The van der Waals surface area contributed by atoms with E-state index in [0.29, 0.717) is 48.8 Å². The van der Waals surface area contributed by atoms with Gasteiger partial charge in [-0.2, -0.15) is 0 Å². The number of carbonyl (C=O) groups excluding carboxylic acids is 2. The van der Waals surface area contributed by atoms with Gasteiger partial charge in [-0.05, 0) is 124 Å². The lowest BCUT2D eigenvalue weighted by atomic mass is 9.78. The second-order valence-corrected chi connectivity index (χ2v) is 17.9. The summed E-state index contributed by atoms with van der Waals surface area (Å²) in [6.07, 6.45) is 24.2. The number of rotatable bonds is 8. The van der Waals surface area contributed by atoms with Crippen molar-refractivity contribution in [3.8, 4) is 0 Å². The lowest BCUT2D eigenvalue weighted by Gasteiger charge is -2.44. The second kappa shape index (κ2) is 16.7. The summed E-state index contributed by atoms with van der Waals surface area (Å²) in [5, 5.41) is 1.93. The van der Waals surface area contributed by atoms with Crippen LogP contribution in [0.5, 0.6) is 0 Å². The van der Waals surface area contributed by atoms with Gasteiger partial charge >= 0.3 is 0 Å². The summed E-state index contributed by atoms with van der Waals surface area (Å²) >= 11 is 0. The molecule has 9 rings (SSSR count). The lowest BCUT2D eigenvalue weighted by molar-refractivity contribution is -0.138. The summed E-state index contributed by atoms with van der Waals surface area (Å²) in [5.41, 5.74) is 3.38. The molecule has 6 heterocycles. The van der Waals surface area contributed by atoms with Gasteiger partial charge in [0.05, 0.1) is 4.90 Å². The standard InChI is InChI=1S/C25H29N3O3S.C19H25N3O/c29-24(27-17-7-9-19-8-4-5-13-23(19)27)15-14-20-18-28(25-22(20)12-6-16-26-25)32(30,31)21-10-2-1-3-11-21;23-18(22-12-4-6-14-5-1-2-8-17(14)22)10-9-15-13-21-19-16(15)7-3-11-20-19/h1-3,6,10-12,16,18-19,23H,4-5,7-9,13-15,17H2;3,7,11,13-14,17H,1-2,4-6,8-10,12H2,(H,20,21). The van der Waals surface area contributed by atoms with Gasteiger partial charge in [0, 0.05) is 73.6 Å². The molecule has 290 valence electrons. The Bertz CT molecular complexity index is 2210. The zero-order valence-corrected chi connectivity index (χ0v) is 32.6. The molecule has 0 bridgehead atoms. The summed E-state index contributed by atoms with van der Waals surface area (Å²) in [4.78, 5) is 42.4. The average molecular weight is 763 g/mol. The number of amides is 2. The quantitative estimate of drug-likeness (QED) is 0.171. The molecule has 11 heteroatoms. The highest BCUT2D eigenvalue weighted by Crippen LogP contribution is 2.37. The molecule has 2 aliphatic heterocycles. The number of hydrogen-bond acceptors (Lipinski definition) is 6. The van der Waals surface area contributed by atoms with Crippen molar-refractivity contribution in [2.24, 2.45) is 11.8 Å². The van der Waals surface area contributed by atoms with Crippen LogP contribution in [0.3, 0.4) is 0 Å². The fraction of sp³-hybridized carbons (Fsp3) is 0.500. The van der Waals surface area contributed by atoms with Gasteiger partial charge in [-0.1, -0.05) is 43.9 Å². The fourth-order valence-corrected chi connectivity index (χ4v) is 11.4. The average Bonchev–Trinajstić information content (AvgIpc) is 3.84. The minimum atomic E-state index is -3.76. The van der Waals surface area contributed by atoms with Crippen LogP contribution in [0.1, 0.15) is 101 Å². The Labute approximate surface area is 324 Å². The van der Waals surface area contributed by atoms with Crippen LogP contribution in [0.25, 0.3) is 22.1 Å². The van der Waals surface area contributed by atoms with E-state index in [2.05, 4.69) is 30.8 Å². The van der Waals surface area contributed by atoms with Crippen LogP contribution in [0.15, 0.2) is 84.3 Å². The van der Waals surface area contributed by atoms with Gasteiger partial charge in [0.2, 0.25) is 11.8 Å². The summed E-state index contributed by atoms with van der Waals surface area (Å²) in [5.74, 6) is 1.96. The molecule has 4 atom stereocenters. The van der Waals surface area contributed by atoms with Crippen molar-refractivity contribution in [2.75, 3.05) is 13.1 Å². The summed E-state index contributed by atoms with van der Waals surface area (Å²) in [6.45, 7) is 1.82. The van der Waals surface area contributed by atoms with Crippen LogP contribution in [-0.2, 0) is 32.5 Å². The third-order valence-corrected chi connectivity index (χ3v) is 14.5. The molecule has 2 aliphatic carbocycles. The topological polar surface area (TPSA) is 121 Å². The van der Waals surface area contributed by atoms with Crippen molar-refractivity contribution in [1.82, 2.24) is 28.7 Å². The maximum absolute atomic E-state index is 13.3. The molecule has 2 saturated heterocycles. The molecule has 1 aromatic carbocycles. The van der Waals surface area contributed by atoms with E-state index in [4.69, 9.17) is 0 Å². The molecular weight excluding hydrogens is 709 g/mol. The van der Waals surface area contributed by atoms with Gasteiger partial charge in [-0.15, -0.1) is 0 Å². The van der Waals surface area contributed by atoms with Crippen LogP contribution in [0, 0.1) is 11.8 Å². The van der Waals surface area contributed by atoms with Gasteiger partial charge in [0.25, 0.3) is 10.0 Å². The Kier molecular flexibility index (Phi) is 11.4. The molecule has 4 unspecified atom stereocenters. The highest BCUT2D eigenvalue weighted by Gasteiger charge is 2.36. The van der Waals surface area contributed by atoms with Crippen molar-refractivity contribution in [3.63, 3.8) is 0 Å². The molecule has 1 N–H and O–H groups in total. The third kappa shape index (κ3) is 7.95. The van der Waals surface area contributed by atoms with E-state index in [1.54, 1.807) is 48.9 Å². The van der Waals surface area contributed by atoms with Crippen LogP contribution in [0.4, 0.5) is 0 Å². The minimum absolute atomic E-state index is 0.192. The van der Waals surface area contributed by atoms with Gasteiger partial charge < -0.3 is 14.8 Å². The van der Waals surface area contributed by atoms with Gasteiger partial charge in [0.1, 0.15) is 5.65 Å². The van der Waals surface area contributed by atoms with E-state index in [-0.39, 0.29) is 10.8 Å². The molecular formula is C44H54N6O4S. The van der Waals surface area contributed by atoms with E-state index in [1.165, 1.54) is 73.7 Å². The molecule has 2 saturated carbocycles. The Hall–Kier alpha value is -4.51. The predicted octanol–water partition coefficient (Wildman–Crippen LogP) is 8.06. The van der Waals surface area contributed by atoms with E-state index in [0.717, 1.165) is 60.3 Å². The highest BCUT2D eigenvalue weighted by molar-refractivity contribution is 7.90. The van der Waals surface area contributed by atoms with Crippen LogP contribution < -0.4 is 0 Å². The van der Waals surface area contributed by atoms with Crippen LogP contribution >= 0.6 is 0 Å². The first-order valence-corrected chi connectivity index (χ1v) is 22.1. The number of hydrogen-bond donors (Lipinski definition) is 1. The third-order valence-electron chi connectivity index (χ3n) is 12.8. The minimum Gasteiger partial charge on any atom is -0.346 e. The van der Waals surface area contributed by atoms with Crippen molar-refractivity contribution < 1.29 is 18.0 Å². The number of nitrogens with one attached hydrogen (secondary N) is 1. The first-order valence-electron chi connectivity index (χ1n) is 20.6. The van der Waals surface area contributed by atoms with Gasteiger partial charge in [-0.3, -0.25) is 9.59 Å². The molecule has 4 aliphatic rings. The highest BCUT2D eigenvalue weighted by atomic mass is 32.2.